The minimum atomic E-state index is -0.562. The van der Waals surface area contributed by atoms with E-state index in [1.54, 1.807) is 43.5 Å². The van der Waals surface area contributed by atoms with Gasteiger partial charge >= 0.3 is 0 Å². The van der Waals surface area contributed by atoms with E-state index < -0.39 is 11.8 Å². The summed E-state index contributed by atoms with van der Waals surface area (Å²) in [5, 5.41) is 0. The fourth-order valence-electron chi connectivity index (χ4n) is 2.25. The Morgan fingerprint density at radius 2 is 1.71 bits per heavy atom. The average molecular weight is 352 g/mol. The van der Waals surface area contributed by atoms with E-state index in [0.29, 0.717) is 12.2 Å². The minimum Gasteiger partial charge on any atom is -0.497 e. The molecule has 0 saturated carbocycles. The Kier molecular flexibility index (Phi) is 7.20. The second kappa shape index (κ2) is 8.88. The molecule has 0 aliphatic rings. The van der Waals surface area contributed by atoms with E-state index in [2.05, 4.69) is 4.99 Å². The minimum absolute atomic E-state index is 0. The fraction of sp³-hybridized carbons (Fsp3) is 0.176. The fourth-order valence-corrected chi connectivity index (χ4v) is 2.25. The van der Waals surface area contributed by atoms with Gasteiger partial charge in [-0.15, -0.1) is 12.4 Å². The number of nitrogens with two attached hydrogens (primary N) is 2. The Morgan fingerprint density at radius 3 is 2.21 bits per heavy atom. The first-order valence-electron chi connectivity index (χ1n) is 7.01. The van der Waals surface area contributed by atoms with Crippen LogP contribution in [-0.4, -0.2) is 19.0 Å². The molecule has 2 aromatic rings. The molecule has 0 spiro atoms. The molecule has 128 valence electrons. The Morgan fingerprint density at radius 1 is 1.12 bits per heavy atom. The van der Waals surface area contributed by atoms with Crippen LogP contribution in [0.3, 0.4) is 0 Å². The molecule has 0 saturated heterocycles. The number of amides is 1. The number of aliphatic imine (C=N–C) groups is 1. The van der Waals surface area contributed by atoms with Gasteiger partial charge in [-0.2, -0.15) is 4.99 Å². The summed E-state index contributed by atoms with van der Waals surface area (Å²) in [5.41, 5.74) is 12.2. The van der Waals surface area contributed by atoms with Gasteiger partial charge in [-0.25, -0.2) is 4.39 Å². The first kappa shape index (κ1) is 19.4. The Balaban J connectivity index is 0.00000288. The third kappa shape index (κ3) is 5.24. The number of nitrogens with zero attached hydrogens (tertiary/aromatic N) is 1. The zero-order chi connectivity index (χ0) is 16.8. The van der Waals surface area contributed by atoms with Crippen LogP contribution in [-0.2, 0) is 11.2 Å². The van der Waals surface area contributed by atoms with Crippen LogP contribution in [0.25, 0.3) is 0 Å². The van der Waals surface area contributed by atoms with Crippen LogP contribution < -0.4 is 16.2 Å². The van der Waals surface area contributed by atoms with Crippen molar-refractivity contribution >= 4 is 24.3 Å². The van der Waals surface area contributed by atoms with Crippen molar-refractivity contribution in [2.45, 2.75) is 12.3 Å². The first-order chi connectivity index (χ1) is 11.0. The van der Waals surface area contributed by atoms with Gasteiger partial charge in [0.1, 0.15) is 11.6 Å². The summed E-state index contributed by atoms with van der Waals surface area (Å²) < 4.78 is 18.1. The zero-order valence-corrected chi connectivity index (χ0v) is 13.9. The molecular formula is C17H19ClFN3O2. The number of hydrogen-bond acceptors (Lipinski definition) is 2. The number of carbonyl (C=O) groups excluding carboxylic acids is 1. The van der Waals surface area contributed by atoms with Crippen molar-refractivity contribution in [1.82, 2.24) is 0 Å². The third-order valence-electron chi connectivity index (χ3n) is 3.41. The molecule has 0 aliphatic heterocycles. The summed E-state index contributed by atoms with van der Waals surface area (Å²) in [6.45, 7) is 0. The predicted molar refractivity (Wildman–Crippen MR) is 93.9 cm³/mol. The number of benzene rings is 2. The summed E-state index contributed by atoms with van der Waals surface area (Å²) >= 11 is 0. The highest BCUT2D eigenvalue weighted by Crippen LogP contribution is 2.25. The largest absolute Gasteiger partial charge is 0.497 e. The van der Waals surface area contributed by atoms with Crippen molar-refractivity contribution in [3.8, 4) is 5.75 Å². The van der Waals surface area contributed by atoms with Gasteiger partial charge < -0.3 is 16.2 Å². The van der Waals surface area contributed by atoms with Crippen molar-refractivity contribution in [1.29, 1.82) is 0 Å². The Hall–Kier alpha value is -2.60. The molecular weight excluding hydrogens is 333 g/mol. The molecule has 1 atom stereocenters. The van der Waals surface area contributed by atoms with E-state index in [9.17, 15) is 9.18 Å². The van der Waals surface area contributed by atoms with Crippen LogP contribution in [0, 0.1) is 5.82 Å². The Bertz CT molecular complexity index is 699. The van der Waals surface area contributed by atoms with Gasteiger partial charge in [-0.1, -0.05) is 24.3 Å². The monoisotopic (exact) mass is 351 g/mol. The molecule has 2 rings (SSSR count). The number of rotatable bonds is 5. The average Bonchev–Trinajstić information content (AvgIpc) is 2.54. The van der Waals surface area contributed by atoms with Crippen LogP contribution in [0.15, 0.2) is 53.5 Å². The van der Waals surface area contributed by atoms with Gasteiger partial charge in [0.15, 0.2) is 5.96 Å². The van der Waals surface area contributed by atoms with E-state index in [1.165, 1.54) is 12.1 Å². The highest BCUT2D eigenvalue weighted by Gasteiger charge is 2.21. The van der Waals surface area contributed by atoms with E-state index in [0.717, 1.165) is 11.1 Å². The number of halogens is 2. The summed E-state index contributed by atoms with van der Waals surface area (Å²) in [6, 6.07) is 13.1. The van der Waals surface area contributed by atoms with E-state index in [4.69, 9.17) is 16.2 Å². The topological polar surface area (TPSA) is 90.7 Å². The number of hydrogen-bond donors (Lipinski definition) is 2. The van der Waals surface area contributed by atoms with Crippen LogP contribution in [0.4, 0.5) is 4.39 Å². The van der Waals surface area contributed by atoms with Crippen LogP contribution in [0.5, 0.6) is 5.75 Å². The number of carbonyl (C=O) groups is 1. The summed E-state index contributed by atoms with van der Waals surface area (Å²) in [6.07, 6.45) is 0.363. The van der Waals surface area contributed by atoms with Crippen LogP contribution >= 0.6 is 12.4 Å². The summed E-state index contributed by atoms with van der Waals surface area (Å²) in [5.74, 6) is -0.936. The van der Waals surface area contributed by atoms with Gasteiger partial charge in [0, 0.05) is 0 Å². The molecule has 1 amide bonds. The van der Waals surface area contributed by atoms with Crippen molar-refractivity contribution in [3.63, 3.8) is 0 Å². The predicted octanol–water partition coefficient (Wildman–Crippen LogP) is 2.38. The van der Waals surface area contributed by atoms with Crippen LogP contribution in [0.1, 0.15) is 17.0 Å². The molecule has 5 nitrogen and oxygen atoms in total. The third-order valence-corrected chi connectivity index (χ3v) is 3.41. The first-order valence-corrected chi connectivity index (χ1v) is 7.01. The maximum atomic E-state index is 13.0. The van der Waals surface area contributed by atoms with E-state index in [1.807, 2.05) is 0 Å². The Labute approximate surface area is 145 Å². The van der Waals surface area contributed by atoms with Gasteiger partial charge in [-0.3, -0.25) is 4.79 Å². The maximum Gasteiger partial charge on any atom is 0.256 e. The smallest absolute Gasteiger partial charge is 0.256 e. The van der Waals surface area contributed by atoms with Gasteiger partial charge in [-0.05, 0) is 41.8 Å². The zero-order valence-electron chi connectivity index (χ0n) is 13.1. The lowest BCUT2D eigenvalue weighted by Crippen LogP contribution is -2.26. The summed E-state index contributed by atoms with van der Waals surface area (Å²) in [7, 11) is 1.57. The van der Waals surface area contributed by atoms with Crippen molar-refractivity contribution in [2.24, 2.45) is 16.5 Å². The molecule has 0 aliphatic carbocycles. The van der Waals surface area contributed by atoms with Gasteiger partial charge in [0.05, 0.1) is 13.0 Å². The van der Waals surface area contributed by atoms with Gasteiger partial charge in [0.25, 0.3) is 5.91 Å². The SMILES string of the molecule is COc1ccc(C(Cc2ccc(F)cc2)C(=O)N=C(N)N)cc1.Cl. The standard InChI is InChI=1S/C17H18FN3O2.ClH/c1-23-14-8-4-12(5-9-14)15(16(22)21-17(19)20)10-11-2-6-13(18)7-3-11;/h2-9,15H,10H2,1H3,(H4,19,20,21,22);1H. The number of methoxy groups -OCH3 is 1. The second-order valence-electron chi connectivity index (χ2n) is 5.03. The molecule has 7 heteroatoms. The quantitative estimate of drug-likeness (QED) is 0.639. The van der Waals surface area contributed by atoms with E-state index in [-0.39, 0.29) is 24.2 Å². The van der Waals surface area contributed by atoms with Crippen molar-refractivity contribution in [3.05, 3.63) is 65.5 Å². The lowest BCUT2D eigenvalue weighted by molar-refractivity contribution is -0.119. The lowest BCUT2D eigenvalue weighted by Gasteiger charge is -2.15. The maximum absolute atomic E-state index is 13.0. The molecule has 24 heavy (non-hydrogen) atoms. The highest BCUT2D eigenvalue weighted by atomic mass is 35.5. The molecule has 0 bridgehead atoms. The molecule has 0 aromatic heterocycles. The molecule has 0 heterocycles. The summed E-state index contributed by atoms with van der Waals surface area (Å²) in [4.78, 5) is 16.0. The molecule has 1 unspecified atom stereocenters. The lowest BCUT2D eigenvalue weighted by atomic mass is 9.91. The highest BCUT2D eigenvalue weighted by molar-refractivity contribution is 5.95. The van der Waals surface area contributed by atoms with Crippen molar-refractivity contribution < 1.29 is 13.9 Å². The molecule has 0 fully saturated rings. The molecule has 0 radical (unpaired) electrons. The molecule has 4 N–H and O–H groups in total. The second-order valence-corrected chi connectivity index (χ2v) is 5.03. The van der Waals surface area contributed by atoms with Crippen molar-refractivity contribution in [2.75, 3.05) is 7.11 Å². The number of ether oxygens (including phenoxy) is 1. The van der Waals surface area contributed by atoms with Gasteiger partial charge in [0.2, 0.25) is 0 Å². The van der Waals surface area contributed by atoms with E-state index >= 15 is 0 Å². The molecule has 2 aromatic carbocycles. The van der Waals surface area contributed by atoms with Crippen LogP contribution in [0.2, 0.25) is 0 Å². The number of guanidine groups is 1. The normalized spacial score (nSPS) is 11.1.